The highest BCUT2D eigenvalue weighted by molar-refractivity contribution is 5.70. The summed E-state index contributed by atoms with van der Waals surface area (Å²) < 4.78 is 4.90. The second-order valence-corrected chi connectivity index (χ2v) is 4.09. The molecule has 80 valence electrons. The van der Waals surface area contributed by atoms with Gasteiger partial charge in [0.1, 0.15) is 0 Å². The molecule has 3 nitrogen and oxygen atoms in total. The molecule has 0 saturated heterocycles. The third-order valence-electron chi connectivity index (χ3n) is 2.75. The van der Waals surface area contributed by atoms with E-state index in [1.165, 1.54) is 5.57 Å². The van der Waals surface area contributed by atoms with Crippen LogP contribution in [0.1, 0.15) is 39.0 Å². The molecule has 14 heavy (non-hydrogen) atoms. The van der Waals surface area contributed by atoms with Crippen LogP contribution in [0.15, 0.2) is 12.2 Å². The van der Waals surface area contributed by atoms with E-state index >= 15 is 0 Å². The Hall–Kier alpha value is -0.830. The zero-order chi connectivity index (χ0) is 10.6. The van der Waals surface area contributed by atoms with Crippen molar-refractivity contribution in [2.75, 3.05) is 6.61 Å². The summed E-state index contributed by atoms with van der Waals surface area (Å²) in [5.74, 6) is -0.178. The molecule has 0 heterocycles. The number of carbonyl (C=O) groups excluding carboxylic acids is 1. The molecule has 0 amide bonds. The minimum atomic E-state index is -0.354. The third kappa shape index (κ3) is 3.14. The number of rotatable bonds is 3. The van der Waals surface area contributed by atoms with E-state index in [1.54, 1.807) is 0 Å². The van der Waals surface area contributed by atoms with Gasteiger partial charge in [0.05, 0.1) is 13.0 Å². The van der Waals surface area contributed by atoms with Crippen LogP contribution in [0.5, 0.6) is 0 Å². The van der Waals surface area contributed by atoms with Crippen molar-refractivity contribution in [3.05, 3.63) is 12.2 Å². The lowest BCUT2D eigenvalue weighted by atomic mass is 9.78. The average Bonchev–Trinajstić information content (AvgIpc) is 2.11. The zero-order valence-electron chi connectivity index (χ0n) is 8.84. The molecular formula is C11H19NO2. The van der Waals surface area contributed by atoms with Crippen LogP contribution in [0, 0.1) is 0 Å². The monoisotopic (exact) mass is 197 g/mol. The standard InChI is InChI=1S/C11H19NO2/c1-3-14-10(13)8-11(12)6-4-9(2)5-7-11/h2-8,12H2,1H3. The van der Waals surface area contributed by atoms with Crippen molar-refractivity contribution in [3.8, 4) is 0 Å². The fraction of sp³-hybridized carbons (Fsp3) is 0.727. The highest BCUT2D eigenvalue weighted by Gasteiger charge is 2.31. The quantitative estimate of drug-likeness (QED) is 0.554. The van der Waals surface area contributed by atoms with Gasteiger partial charge in [-0.25, -0.2) is 0 Å². The molecule has 0 aromatic rings. The molecule has 1 saturated carbocycles. The number of nitrogens with two attached hydrogens (primary N) is 1. The van der Waals surface area contributed by atoms with Crippen molar-refractivity contribution >= 4 is 5.97 Å². The van der Waals surface area contributed by atoms with Gasteiger partial charge in [-0.15, -0.1) is 0 Å². The maximum absolute atomic E-state index is 11.3. The number of esters is 1. The number of carbonyl (C=O) groups is 1. The van der Waals surface area contributed by atoms with Crippen molar-refractivity contribution in [3.63, 3.8) is 0 Å². The molecule has 0 unspecified atom stereocenters. The summed E-state index contributed by atoms with van der Waals surface area (Å²) >= 11 is 0. The molecule has 1 fully saturated rings. The van der Waals surface area contributed by atoms with Gasteiger partial charge in [0.2, 0.25) is 0 Å². The Morgan fingerprint density at radius 1 is 1.57 bits per heavy atom. The topological polar surface area (TPSA) is 52.3 Å². The minimum absolute atomic E-state index is 0.178. The average molecular weight is 197 g/mol. The Balaban J connectivity index is 2.42. The Morgan fingerprint density at radius 2 is 2.14 bits per heavy atom. The predicted octanol–water partition coefficient (Wildman–Crippen LogP) is 1.77. The van der Waals surface area contributed by atoms with Gasteiger partial charge in [-0.05, 0) is 32.6 Å². The summed E-state index contributed by atoms with van der Waals surface area (Å²) in [5, 5.41) is 0. The largest absolute Gasteiger partial charge is 0.466 e. The SMILES string of the molecule is C=C1CCC(N)(CC(=O)OCC)CC1. The van der Waals surface area contributed by atoms with Crippen LogP contribution in [0.3, 0.4) is 0 Å². The maximum atomic E-state index is 11.3. The first-order valence-corrected chi connectivity index (χ1v) is 5.17. The summed E-state index contributed by atoms with van der Waals surface area (Å²) in [6.07, 6.45) is 3.93. The van der Waals surface area contributed by atoms with Crippen molar-refractivity contribution < 1.29 is 9.53 Å². The van der Waals surface area contributed by atoms with Crippen molar-refractivity contribution in [1.29, 1.82) is 0 Å². The Morgan fingerprint density at radius 3 is 2.64 bits per heavy atom. The van der Waals surface area contributed by atoms with Gasteiger partial charge in [0.15, 0.2) is 0 Å². The van der Waals surface area contributed by atoms with E-state index in [2.05, 4.69) is 6.58 Å². The minimum Gasteiger partial charge on any atom is -0.466 e. The summed E-state index contributed by atoms with van der Waals surface area (Å²) in [4.78, 5) is 11.3. The van der Waals surface area contributed by atoms with Gasteiger partial charge in [-0.1, -0.05) is 12.2 Å². The molecule has 1 rings (SSSR count). The van der Waals surface area contributed by atoms with E-state index in [-0.39, 0.29) is 11.5 Å². The van der Waals surface area contributed by atoms with Gasteiger partial charge in [-0.2, -0.15) is 0 Å². The van der Waals surface area contributed by atoms with Gasteiger partial charge >= 0.3 is 5.97 Å². The second-order valence-electron chi connectivity index (χ2n) is 4.09. The van der Waals surface area contributed by atoms with Crippen LogP contribution in [0.4, 0.5) is 0 Å². The second kappa shape index (κ2) is 4.60. The molecule has 1 aliphatic rings. The van der Waals surface area contributed by atoms with Gasteiger partial charge in [-0.3, -0.25) is 4.79 Å². The lowest BCUT2D eigenvalue weighted by Gasteiger charge is -2.33. The summed E-state index contributed by atoms with van der Waals surface area (Å²) in [6, 6.07) is 0. The summed E-state index contributed by atoms with van der Waals surface area (Å²) in [5.41, 5.74) is 7.00. The van der Waals surface area contributed by atoms with E-state index < -0.39 is 0 Å². The van der Waals surface area contributed by atoms with Crippen LogP contribution in [0.25, 0.3) is 0 Å². The molecule has 3 heteroatoms. The number of ether oxygens (including phenoxy) is 1. The Labute approximate surface area is 85.3 Å². The fourth-order valence-corrected chi connectivity index (χ4v) is 1.78. The summed E-state index contributed by atoms with van der Waals surface area (Å²) in [7, 11) is 0. The van der Waals surface area contributed by atoms with E-state index in [9.17, 15) is 4.79 Å². The molecule has 0 bridgehead atoms. The summed E-state index contributed by atoms with van der Waals surface area (Å²) in [6.45, 7) is 6.16. The highest BCUT2D eigenvalue weighted by Crippen LogP contribution is 2.31. The molecule has 1 aliphatic carbocycles. The predicted molar refractivity (Wildman–Crippen MR) is 55.8 cm³/mol. The van der Waals surface area contributed by atoms with Crippen LogP contribution in [0.2, 0.25) is 0 Å². The molecule has 0 radical (unpaired) electrons. The van der Waals surface area contributed by atoms with E-state index in [1.807, 2.05) is 6.92 Å². The molecule has 0 aromatic carbocycles. The Kier molecular flexibility index (Phi) is 3.69. The highest BCUT2D eigenvalue weighted by atomic mass is 16.5. The van der Waals surface area contributed by atoms with Gasteiger partial charge in [0, 0.05) is 5.54 Å². The molecule has 0 aliphatic heterocycles. The third-order valence-corrected chi connectivity index (χ3v) is 2.75. The maximum Gasteiger partial charge on any atom is 0.307 e. The van der Waals surface area contributed by atoms with Crippen LogP contribution < -0.4 is 5.73 Å². The number of hydrogen-bond acceptors (Lipinski definition) is 3. The molecule has 0 spiro atoms. The van der Waals surface area contributed by atoms with Crippen LogP contribution in [-0.2, 0) is 9.53 Å². The molecule has 2 N–H and O–H groups in total. The van der Waals surface area contributed by atoms with Crippen molar-refractivity contribution in [1.82, 2.24) is 0 Å². The van der Waals surface area contributed by atoms with Crippen molar-refractivity contribution in [2.24, 2.45) is 5.73 Å². The first-order chi connectivity index (χ1) is 6.56. The fourth-order valence-electron chi connectivity index (χ4n) is 1.78. The van der Waals surface area contributed by atoms with Crippen LogP contribution >= 0.6 is 0 Å². The zero-order valence-corrected chi connectivity index (χ0v) is 8.84. The first kappa shape index (κ1) is 11.2. The van der Waals surface area contributed by atoms with E-state index in [0.717, 1.165) is 25.7 Å². The smallest absolute Gasteiger partial charge is 0.307 e. The molecule has 0 aromatic heterocycles. The number of allylic oxidation sites excluding steroid dienone is 1. The number of hydrogen-bond donors (Lipinski definition) is 1. The lowest BCUT2D eigenvalue weighted by Crippen LogP contribution is -2.44. The lowest BCUT2D eigenvalue weighted by molar-refractivity contribution is -0.144. The van der Waals surface area contributed by atoms with E-state index in [0.29, 0.717) is 13.0 Å². The first-order valence-electron chi connectivity index (χ1n) is 5.17. The van der Waals surface area contributed by atoms with Gasteiger partial charge < -0.3 is 10.5 Å². The van der Waals surface area contributed by atoms with Gasteiger partial charge in [0.25, 0.3) is 0 Å². The molecule has 0 atom stereocenters. The normalized spacial score (nSPS) is 20.6. The molecular weight excluding hydrogens is 178 g/mol. The van der Waals surface area contributed by atoms with Crippen molar-refractivity contribution in [2.45, 2.75) is 44.6 Å². The Bertz CT molecular complexity index is 225. The van der Waals surface area contributed by atoms with Crippen LogP contribution in [-0.4, -0.2) is 18.1 Å². The van der Waals surface area contributed by atoms with E-state index in [4.69, 9.17) is 10.5 Å².